The Labute approximate surface area is 119 Å². The lowest BCUT2D eigenvalue weighted by molar-refractivity contribution is -0.116. The van der Waals surface area contributed by atoms with E-state index in [0.717, 1.165) is 11.6 Å². The van der Waals surface area contributed by atoms with Gasteiger partial charge in [-0.3, -0.25) is 4.79 Å². The summed E-state index contributed by atoms with van der Waals surface area (Å²) in [5.41, 5.74) is 7.63. The van der Waals surface area contributed by atoms with Gasteiger partial charge >= 0.3 is 0 Å². The second kappa shape index (κ2) is 5.05. The van der Waals surface area contributed by atoms with Crippen molar-refractivity contribution in [1.29, 1.82) is 0 Å². The van der Waals surface area contributed by atoms with Gasteiger partial charge in [0, 0.05) is 18.2 Å². The molecule has 21 heavy (non-hydrogen) atoms. The highest BCUT2D eigenvalue weighted by atomic mass is 19.2. The number of carbonyl (C=O) groups excluding carboxylic acids is 1. The average molecular weight is 290 g/mol. The summed E-state index contributed by atoms with van der Waals surface area (Å²) < 4.78 is 32.1. The summed E-state index contributed by atoms with van der Waals surface area (Å²) in [5.74, 6) is -2.28. The lowest BCUT2D eigenvalue weighted by Gasteiger charge is -2.19. The molecular weight excluding hydrogens is 278 g/mol. The van der Waals surface area contributed by atoms with E-state index in [9.17, 15) is 13.6 Å². The van der Waals surface area contributed by atoms with E-state index in [1.165, 1.54) is 18.2 Å². The van der Waals surface area contributed by atoms with Gasteiger partial charge in [0.1, 0.15) is 0 Å². The number of hydrogen-bond acceptors (Lipinski definition) is 3. The largest absolute Gasteiger partial charge is 0.452 e. The van der Waals surface area contributed by atoms with Crippen LogP contribution in [0.3, 0.4) is 0 Å². The average Bonchev–Trinajstić information content (AvgIpc) is 2.45. The molecule has 1 heterocycles. The van der Waals surface area contributed by atoms with Gasteiger partial charge in [0.15, 0.2) is 17.3 Å². The van der Waals surface area contributed by atoms with E-state index >= 15 is 0 Å². The van der Waals surface area contributed by atoms with Crippen LogP contribution in [0.4, 0.5) is 20.2 Å². The number of aryl methyl sites for hydroxylation is 1. The third-order valence-corrected chi connectivity index (χ3v) is 3.27. The minimum Gasteiger partial charge on any atom is -0.452 e. The zero-order valence-electron chi connectivity index (χ0n) is 11.0. The zero-order valence-corrected chi connectivity index (χ0v) is 11.0. The molecule has 1 aliphatic heterocycles. The van der Waals surface area contributed by atoms with Crippen molar-refractivity contribution in [2.75, 3.05) is 11.1 Å². The first kappa shape index (κ1) is 13.4. The third-order valence-electron chi connectivity index (χ3n) is 3.27. The topological polar surface area (TPSA) is 64.3 Å². The molecule has 3 rings (SSSR count). The molecule has 108 valence electrons. The number of nitrogens with two attached hydrogens (primary N) is 1. The van der Waals surface area contributed by atoms with E-state index in [-0.39, 0.29) is 17.4 Å². The number of fused-ring (bicyclic) bond motifs is 1. The Morgan fingerprint density at radius 3 is 2.76 bits per heavy atom. The van der Waals surface area contributed by atoms with Crippen LogP contribution in [0.15, 0.2) is 30.3 Å². The highest BCUT2D eigenvalue weighted by Crippen LogP contribution is 2.36. The first-order valence-electron chi connectivity index (χ1n) is 6.38. The minimum absolute atomic E-state index is 0.102. The quantitative estimate of drug-likeness (QED) is 0.835. The van der Waals surface area contributed by atoms with Crippen molar-refractivity contribution in [2.24, 2.45) is 0 Å². The summed E-state index contributed by atoms with van der Waals surface area (Å²) in [6.45, 7) is 0. The molecule has 6 heteroatoms. The van der Waals surface area contributed by atoms with Crippen molar-refractivity contribution in [3.05, 3.63) is 47.5 Å². The molecule has 2 aromatic carbocycles. The molecule has 1 amide bonds. The van der Waals surface area contributed by atoms with Gasteiger partial charge in [-0.2, -0.15) is 4.39 Å². The molecule has 1 aliphatic rings. The van der Waals surface area contributed by atoms with Crippen molar-refractivity contribution < 1.29 is 18.3 Å². The van der Waals surface area contributed by atoms with Gasteiger partial charge in [0.2, 0.25) is 11.7 Å². The van der Waals surface area contributed by atoms with E-state index in [1.54, 1.807) is 6.07 Å². The summed E-state index contributed by atoms with van der Waals surface area (Å²) in [4.78, 5) is 11.4. The van der Waals surface area contributed by atoms with Gasteiger partial charge in [0.25, 0.3) is 0 Å². The number of anilines is 2. The Morgan fingerprint density at radius 1 is 1.14 bits per heavy atom. The van der Waals surface area contributed by atoms with Crippen LogP contribution in [0.5, 0.6) is 11.5 Å². The number of rotatable bonds is 2. The molecule has 0 saturated carbocycles. The summed E-state index contributed by atoms with van der Waals surface area (Å²) in [6.07, 6.45) is 0.977. The molecule has 0 unspecified atom stereocenters. The summed E-state index contributed by atoms with van der Waals surface area (Å²) in [7, 11) is 0. The molecule has 0 atom stereocenters. The fraction of sp³-hybridized carbons (Fsp3) is 0.133. The second-order valence-corrected chi connectivity index (χ2v) is 4.75. The number of hydrogen-bond donors (Lipinski definition) is 2. The molecule has 0 radical (unpaired) electrons. The predicted octanol–water partition coefficient (Wildman–Crippen LogP) is 3.22. The van der Waals surface area contributed by atoms with Crippen LogP contribution in [0.1, 0.15) is 12.0 Å². The fourth-order valence-corrected chi connectivity index (χ4v) is 2.20. The number of nitrogen functional groups attached to an aromatic ring is 1. The molecule has 4 nitrogen and oxygen atoms in total. The Balaban J connectivity index is 1.97. The highest BCUT2D eigenvalue weighted by molar-refractivity contribution is 5.94. The van der Waals surface area contributed by atoms with Gasteiger partial charge in [-0.25, -0.2) is 4.39 Å². The Kier molecular flexibility index (Phi) is 3.21. The molecule has 0 aromatic heterocycles. The van der Waals surface area contributed by atoms with Gasteiger partial charge in [0.05, 0.1) is 5.69 Å². The van der Waals surface area contributed by atoms with Crippen molar-refractivity contribution in [2.45, 2.75) is 12.8 Å². The molecule has 2 aromatic rings. The molecule has 0 fully saturated rings. The maximum atomic E-state index is 13.6. The first-order valence-corrected chi connectivity index (χ1v) is 6.38. The maximum Gasteiger partial charge on any atom is 0.224 e. The summed E-state index contributed by atoms with van der Waals surface area (Å²) >= 11 is 0. The molecule has 0 saturated heterocycles. The van der Waals surface area contributed by atoms with Crippen molar-refractivity contribution in [3.63, 3.8) is 0 Å². The summed E-state index contributed by atoms with van der Waals surface area (Å²) in [6, 6.07) is 6.83. The third kappa shape index (κ3) is 2.52. The van der Waals surface area contributed by atoms with Crippen molar-refractivity contribution in [3.8, 4) is 11.5 Å². The molecular formula is C15H12F2N2O2. The Morgan fingerprint density at radius 2 is 1.95 bits per heavy atom. The maximum absolute atomic E-state index is 13.6. The number of benzene rings is 2. The normalized spacial score (nSPS) is 13.5. The lowest BCUT2D eigenvalue weighted by Crippen LogP contribution is -2.19. The molecule has 0 bridgehead atoms. The first-order chi connectivity index (χ1) is 10.0. The van der Waals surface area contributed by atoms with Gasteiger partial charge in [-0.05, 0) is 30.2 Å². The van der Waals surface area contributed by atoms with Crippen LogP contribution in [-0.2, 0) is 11.2 Å². The van der Waals surface area contributed by atoms with Gasteiger partial charge in [-0.15, -0.1) is 0 Å². The highest BCUT2D eigenvalue weighted by Gasteiger charge is 2.18. The number of amides is 1. The van der Waals surface area contributed by atoms with Crippen LogP contribution in [0.25, 0.3) is 0 Å². The van der Waals surface area contributed by atoms with E-state index in [2.05, 4.69) is 5.32 Å². The van der Waals surface area contributed by atoms with E-state index in [4.69, 9.17) is 10.5 Å². The van der Waals surface area contributed by atoms with Crippen LogP contribution in [0.2, 0.25) is 0 Å². The van der Waals surface area contributed by atoms with E-state index < -0.39 is 11.6 Å². The SMILES string of the molecule is Nc1cc2c(cc1Oc1cccc(F)c1F)NC(=O)CC2. The predicted molar refractivity (Wildman–Crippen MR) is 74.2 cm³/mol. The zero-order chi connectivity index (χ0) is 15.0. The monoisotopic (exact) mass is 290 g/mol. The second-order valence-electron chi connectivity index (χ2n) is 4.75. The summed E-state index contributed by atoms with van der Waals surface area (Å²) in [5, 5.41) is 2.70. The van der Waals surface area contributed by atoms with Gasteiger partial charge in [-0.1, -0.05) is 6.07 Å². The Bertz CT molecular complexity index is 732. The minimum atomic E-state index is -1.08. The number of ether oxygens (including phenoxy) is 1. The van der Waals surface area contributed by atoms with E-state index in [1.807, 2.05) is 0 Å². The van der Waals surface area contributed by atoms with Crippen molar-refractivity contribution >= 4 is 17.3 Å². The molecule has 0 spiro atoms. The number of carbonyl (C=O) groups is 1. The standard InChI is InChI=1S/C15H12F2N2O2/c16-9-2-1-3-12(15(9)17)21-13-7-11-8(6-10(13)18)4-5-14(20)19-11/h1-3,6-7H,4-5,18H2,(H,19,20). The van der Waals surface area contributed by atoms with Crippen LogP contribution >= 0.6 is 0 Å². The van der Waals surface area contributed by atoms with Crippen LogP contribution < -0.4 is 15.8 Å². The lowest BCUT2D eigenvalue weighted by atomic mass is 10.0. The smallest absolute Gasteiger partial charge is 0.224 e. The number of nitrogens with one attached hydrogen (secondary N) is 1. The molecule has 0 aliphatic carbocycles. The molecule has 3 N–H and O–H groups in total. The van der Waals surface area contributed by atoms with Gasteiger partial charge < -0.3 is 15.8 Å². The van der Waals surface area contributed by atoms with Crippen LogP contribution in [-0.4, -0.2) is 5.91 Å². The van der Waals surface area contributed by atoms with Crippen LogP contribution in [0, 0.1) is 11.6 Å². The number of halogens is 2. The Hall–Kier alpha value is -2.63. The van der Waals surface area contributed by atoms with Crippen molar-refractivity contribution in [1.82, 2.24) is 0 Å². The fourth-order valence-electron chi connectivity index (χ4n) is 2.20. The van der Waals surface area contributed by atoms with E-state index in [0.29, 0.717) is 24.2 Å².